The second-order valence-corrected chi connectivity index (χ2v) is 6.23. The lowest BCUT2D eigenvalue weighted by Gasteiger charge is -2.29. The Balaban J connectivity index is 2.04. The molecule has 94 valence electrons. The molecule has 1 saturated heterocycles. The zero-order chi connectivity index (χ0) is 12.3. The summed E-state index contributed by atoms with van der Waals surface area (Å²) in [4.78, 5) is 0. The predicted octanol–water partition coefficient (Wildman–Crippen LogP) is 2.08. The van der Waals surface area contributed by atoms with Gasteiger partial charge in [0.15, 0.2) is 0 Å². The van der Waals surface area contributed by atoms with Gasteiger partial charge in [0, 0.05) is 18.8 Å². The molecule has 0 amide bonds. The van der Waals surface area contributed by atoms with Crippen LogP contribution < -0.4 is 4.72 Å². The number of nitrogens with zero attached hydrogens (tertiary/aromatic N) is 1. The lowest BCUT2D eigenvalue weighted by Crippen LogP contribution is -2.41. The fraction of sp³-hybridized carbons (Fsp3) is 0.500. The summed E-state index contributed by atoms with van der Waals surface area (Å²) in [7, 11) is -3.38. The molecule has 0 spiro atoms. The van der Waals surface area contributed by atoms with E-state index in [9.17, 15) is 8.42 Å². The maximum atomic E-state index is 12.1. The van der Waals surface area contributed by atoms with Crippen LogP contribution in [0.2, 0.25) is 0 Å². The Labute approximate surface area is 103 Å². The van der Waals surface area contributed by atoms with Gasteiger partial charge in [-0.25, -0.2) is 0 Å². The number of benzene rings is 1. The van der Waals surface area contributed by atoms with Crippen LogP contribution in [-0.2, 0) is 10.2 Å². The van der Waals surface area contributed by atoms with Gasteiger partial charge in [-0.1, -0.05) is 25.1 Å². The molecule has 0 bridgehead atoms. The van der Waals surface area contributed by atoms with Gasteiger partial charge < -0.3 is 0 Å². The molecule has 0 atom stereocenters. The molecule has 1 aliphatic rings. The summed E-state index contributed by atoms with van der Waals surface area (Å²) in [6, 6.07) is 9.00. The lowest BCUT2D eigenvalue weighted by atomic mass is 10.0. The summed E-state index contributed by atoms with van der Waals surface area (Å²) in [6.07, 6.45) is 1.88. The summed E-state index contributed by atoms with van der Waals surface area (Å²) >= 11 is 0. The second-order valence-electron chi connectivity index (χ2n) is 4.55. The largest absolute Gasteiger partial charge is 0.301 e. The standard InChI is InChI=1S/C12H18N2O2S/c1-11-7-9-14(10-8-11)17(15,16)13-12-5-3-2-4-6-12/h2-6,11,13H,7-10H2,1H3. The summed E-state index contributed by atoms with van der Waals surface area (Å²) < 4.78 is 28.3. The Bertz CT molecular complexity index is 451. The first-order valence-electron chi connectivity index (χ1n) is 5.91. The molecule has 0 aromatic heterocycles. The van der Waals surface area contributed by atoms with Crippen LogP contribution in [0.5, 0.6) is 0 Å². The predicted molar refractivity (Wildman–Crippen MR) is 69.0 cm³/mol. The van der Waals surface area contributed by atoms with Crippen LogP contribution in [0.25, 0.3) is 0 Å². The van der Waals surface area contributed by atoms with Gasteiger partial charge in [0.05, 0.1) is 0 Å². The Hall–Kier alpha value is -1.07. The van der Waals surface area contributed by atoms with Crippen molar-refractivity contribution >= 4 is 15.9 Å². The van der Waals surface area contributed by atoms with Crippen LogP contribution in [-0.4, -0.2) is 25.8 Å². The van der Waals surface area contributed by atoms with Crippen LogP contribution in [0, 0.1) is 5.92 Å². The fourth-order valence-electron chi connectivity index (χ4n) is 1.94. The van der Waals surface area contributed by atoms with E-state index in [0.717, 1.165) is 12.8 Å². The third-order valence-corrected chi connectivity index (χ3v) is 4.64. The van der Waals surface area contributed by atoms with E-state index in [-0.39, 0.29) is 0 Å². The minimum absolute atomic E-state index is 0.614. The highest BCUT2D eigenvalue weighted by molar-refractivity contribution is 7.90. The van der Waals surface area contributed by atoms with Crippen molar-refractivity contribution in [2.75, 3.05) is 17.8 Å². The zero-order valence-corrected chi connectivity index (χ0v) is 10.8. The second kappa shape index (κ2) is 5.06. The van der Waals surface area contributed by atoms with E-state index >= 15 is 0 Å². The van der Waals surface area contributed by atoms with Gasteiger partial charge in [0.1, 0.15) is 0 Å². The van der Waals surface area contributed by atoms with E-state index in [1.165, 1.54) is 4.31 Å². The van der Waals surface area contributed by atoms with E-state index in [4.69, 9.17) is 0 Å². The van der Waals surface area contributed by atoms with Crippen molar-refractivity contribution in [2.45, 2.75) is 19.8 Å². The van der Waals surface area contributed by atoms with Crippen LogP contribution in [0.15, 0.2) is 30.3 Å². The van der Waals surface area contributed by atoms with Crippen LogP contribution in [0.1, 0.15) is 19.8 Å². The number of nitrogens with one attached hydrogen (secondary N) is 1. The van der Waals surface area contributed by atoms with Crippen molar-refractivity contribution in [3.8, 4) is 0 Å². The van der Waals surface area contributed by atoms with Crippen LogP contribution in [0.4, 0.5) is 5.69 Å². The van der Waals surface area contributed by atoms with Gasteiger partial charge in [0.2, 0.25) is 0 Å². The average molecular weight is 254 g/mol. The monoisotopic (exact) mass is 254 g/mol. The third kappa shape index (κ3) is 3.20. The minimum Gasteiger partial charge on any atom is -0.271 e. The fourth-order valence-corrected chi connectivity index (χ4v) is 3.20. The molecule has 0 saturated carbocycles. The summed E-state index contributed by atoms with van der Waals surface area (Å²) in [5.41, 5.74) is 0.617. The molecule has 1 fully saturated rings. The molecule has 2 rings (SSSR count). The number of hydrogen-bond acceptors (Lipinski definition) is 2. The number of para-hydroxylation sites is 1. The highest BCUT2D eigenvalue weighted by atomic mass is 32.2. The molecule has 0 aliphatic carbocycles. The van der Waals surface area contributed by atoms with E-state index in [2.05, 4.69) is 11.6 Å². The molecule has 0 radical (unpaired) electrons. The maximum absolute atomic E-state index is 12.1. The molecule has 17 heavy (non-hydrogen) atoms. The van der Waals surface area contributed by atoms with Gasteiger partial charge in [-0.3, -0.25) is 4.72 Å². The Kier molecular flexibility index (Phi) is 3.69. The minimum atomic E-state index is -3.38. The van der Waals surface area contributed by atoms with Crippen molar-refractivity contribution < 1.29 is 8.42 Å². The van der Waals surface area contributed by atoms with Gasteiger partial charge in [-0.15, -0.1) is 0 Å². The van der Waals surface area contributed by atoms with Gasteiger partial charge in [-0.2, -0.15) is 12.7 Å². The quantitative estimate of drug-likeness (QED) is 0.897. The highest BCUT2D eigenvalue weighted by Crippen LogP contribution is 2.20. The number of anilines is 1. The molecule has 5 heteroatoms. The lowest BCUT2D eigenvalue weighted by molar-refractivity contribution is 0.289. The van der Waals surface area contributed by atoms with Crippen molar-refractivity contribution in [1.29, 1.82) is 0 Å². The SMILES string of the molecule is CC1CCN(S(=O)(=O)Nc2ccccc2)CC1. The summed E-state index contributed by atoms with van der Waals surface area (Å²) in [6.45, 7) is 3.39. The first-order chi connectivity index (χ1) is 8.08. The number of hydrogen-bond donors (Lipinski definition) is 1. The molecule has 1 aromatic carbocycles. The van der Waals surface area contributed by atoms with Gasteiger partial charge >= 0.3 is 10.2 Å². The first-order valence-corrected chi connectivity index (χ1v) is 7.35. The zero-order valence-electron chi connectivity index (χ0n) is 9.96. The molecular weight excluding hydrogens is 236 g/mol. The summed E-state index contributed by atoms with van der Waals surface area (Å²) in [5, 5.41) is 0. The third-order valence-electron chi connectivity index (χ3n) is 3.10. The normalized spacial score (nSPS) is 19.1. The molecule has 1 heterocycles. The van der Waals surface area contributed by atoms with E-state index in [1.807, 2.05) is 18.2 Å². The first kappa shape index (κ1) is 12.4. The van der Waals surface area contributed by atoms with E-state index in [0.29, 0.717) is 24.7 Å². The molecular formula is C12H18N2O2S. The van der Waals surface area contributed by atoms with E-state index < -0.39 is 10.2 Å². The smallest absolute Gasteiger partial charge is 0.271 e. The van der Waals surface area contributed by atoms with Gasteiger partial charge in [0.25, 0.3) is 0 Å². The Morgan fingerprint density at radius 3 is 2.35 bits per heavy atom. The van der Waals surface area contributed by atoms with Crippen molar-refractivity contribution in [2.24, 2.45) is 5.92 Å². The van der Waals surface area contributed by atoms with Crippen LogP contribution >= 0.6 is 0 Å². The van der Waals surface area contributed by atoms with Crippen molar-refractivity contribution in [3.05, 3.63) is 30.3 Å². The Morgan fingerprint density at radius 2 is 1.76 bits per heavy atom. The molecule has 1 N–H and O–H groups in total. The van der Waals surface area contributed by atoms with Gasteiger partial charge in [-0.05, 0) is 30.9 Å². The van der Waals surface area contributed by atoms with E-state index in [1.54, 1.807) is 12.1 Å². The van der Waals surface area contributed by atoms with Crippen molar-refractivity contribution in [1.82, 2.24) is 4.31 Å². The number of rotatable bonds is 3. The Morgan fingerprint density at radius 1 is 1.18 bits per heavy atom. The number of piperidine rings is 1. The average Bonchev–Trinajstić information content (AvgIpc) is 2.30. The molecule has 1 aliphatic heterocycles. The van der Waals surface area contributed by atoms with Crippen molar-refractivity contribution in [3.63, 3.8) is 0 Å². The molecule has 4 nitrogen and oxygen atoms in total. The summed E-state index contributed by atoms with van der Waals surface area (Å²) in [5.74, 6) is 0.623. The highest BCUT2D eigenvalue weighted by Gasteiger charge is 2.26. The topological polar surface area (TPSA) is 49.4 Å². The maximum Gasteiger partial charge on any atom is 0.301 e. The molecule has 1 aromatic rings. The molecule has 0 unspecified atom stereocenters. The van der Waals surface area contributed by atoms with Crippen LogP contribution in [0.3, 0.4) is 0 Å².